The smallest absolute Gasteiger partial charge is 0.294 e. The summed E-state index contributed by atoms with van der Waals surface area (Å²) in [6, 6.07) is 9.18. The molecular formula is C14H18N2O. The van der Waals surface area contributed by atoms with Crippen molar-refractivity contribution in [3.8, 4) is 0 Å². The molecule has 3 heteroatoms. The molecule has 1 aromatic carbocycles. The van der Waals surface area contributed by atoms with Crippen LogP contribution in [0.5, 0.6) is 0 Å². The molecule has 1 heterocycles. The summed E-state index contributed by atoms with van der Waals surface area (Å²) in [7, 11) is 1.82. The molecule has 0 fully saturated rings. The monoisotopic (exact) mass is 230 g/mol. The van der Waals surface area contributed by atoms with Crippen molar-refractivity contribution in [1.82, 2.24) is 4.98 Å². The second-order valence-electron chi connectivity index (χ2n) is 4.26. The van der Waals surface area contributed by atoms with Crippen LogP contribution in [-0.4, -0.2) is 12.0 Å². The number of hydrogen-bond acceptors (Lipinski definition) is 3. The Morgan fingerprint density at radius 1 is 1.24 bits per heavy atom. The van der Waals surface area contributed by atoms with Crippen LogP contribution in [0.15, 0.2) is 28.7 Å². The Kier molecular flexibility index (Phi) is 3.47. The second-order valence-corrected chi connectivity index (χ2v) is 4.26. The van der Waals surface area contributed by atoms with Crippen LogP contribution in [0.1, 0.15) is 22.6 Å². The van der Waals surface area contributed by atoms with E-state index in [1.165, 1.54) is 11.1 Å². The molecule has 17 heavy (non-hydrogen) atoms. The Hall–Kier alpha value is -1.77. The number of benzene rings is 1. The van der Waals surface area contributed by atoms with E-state index >= 15 is 0 Å². The van der Waals surface area contributed by atoms with E-state index in [4.69, 9.17) is 4.42 Å². The molecule has 3 nitrogen and oxygen atoms in total. The number of nitrogens with zero attached hydrogens (tertiary/aromatic N) is 1. The number of nitrogens with one attached hydrogen (secondary N) is 1. The van der Waals surface area contributed by atoms with Gasteiger partial charge in [0.15, 0.2) is 0 Å². The minimum atomic E-state index is 0.599. The summed E-state index contributed by atoms with van der Waals surface area (Å²) in [5.74, 6) is 0.905. The van der Waals surface area contributed by atoms with Crippen molar-refractivity contribution < 1.29 is 4.42 Å². The van der Waals surface area contributed by atoms with Gasteiger partial charge >= 0.3 is 0 Å². The van der Waals surface area contributed by atoms with Gasteiger partial charge in [0.1, 0.15) is 5.76 Å². The molecule has 0 atom stereocenters. The van der Waals surface area contributed by atoms with E-state index in [-0.39, 0.29) is 0 Å². The van der Waals surface area contributed by atoms with Crippen molar-refractivity contribution in [1.29, 1.82) is 0 Å². The molecule has 0 radical (unpaired) electrons. The van der Waals surface area contributed by atoms with E-state index in [1.807, 2.05) is 14.0 Å². The van der Waals surface area contributed by atoms with Crippen molar-refractivity contribution in [3.63, 3.8) is 0 Å². The summed E-state index contributed by atoms with van der Waals surface area (Å²) in [5.41, 5.74) is 3.68. The molecule has 0 saturated heterocycles. The zero-order chi connectivity index (χ0) is 12.3. The minimum Gasteiger partial charge on any atom is -0.429 e. The lowest BCUT2D eigenvalue weighted by Gasteiger charge is -2.01. The zero-order valence-electron chi connectivity index (χ0n) is 10.6. The molecule has 0 amide bonds. The average molecular weight is 230 g/mol. The SMILES string of the molecule is CNc1nc(CCc2cccc(C)c2)c(C)o1. The van der Waals surface area contributed by atoms with E-state index < -0.39 is 0 Å². The number of oxazole rings is 1. The molecule has 0 aliphatic heterocycles. The summed E-state index contributed by atoms with van der Waals surface area (Å²) in [4.78, 5) is 4.39. The maximum absolute atomic E-state index is 5.45. The van der Waals surface area contributed by atoms with E-state index in [2.05, 4.69) is 41.5 Å². The lowest BCUT2D eigenvalue weighted by Crippen LogP contribution is -1.94. The van der Waals surface area contributed by atoms with Gasteiger partial charge in [0.2, 0.25) is 0 Å². The maximum atomic E-state index is 5.45. The fraction of sp³-hybridized carbons (Fsp3) is 0.357. The highest BCUT2D eigenvalue weighted by atomic mass is 16.4. The van der Waals surface area contributed by atoms with Crippen molar-refractivity contribution in [2.45, 2.75) is 26.7 Å². The molecule has 0 bridgehead atoms. The Balaban J connectivity index is 2.04. The van der Waals surface area contributed by atoms with Crippen LogP contribution in [0.4, 0.5) is 6.01 Å². The third-order valence-corrected chi connectivity index (χ3v) is 2.84. The average Bonchev–Trinajstić information content (AvgIpc) is 2.68. The summed E-state index contributed by atoms with van der Waals surface area (Å²) >= 11 is 0. The summed E-state index contributed by atoms with van der Waals surface area (Å²) in [6.07, 6.45) is 1.92. The third-order valence-electron chi connectivity index (χ3n) is 2.84. The molecule has 0 saturated carbocycles. The van der Waals surface area contributed by atoms with Gasteiger partial charge < -0.3 is 9.73 Å². The van der Waals surface area contributed by atoms with Crippen LogP contribution in [0.2, 0.25) is 0 Å². The van der Waals surface area contributed by atoms with E-state index in [1.54, 1.807) is 0 Å². The van der Waals surface area contributed by atoms with E-state index in [0.29, 0.717) is 6.01 Å². The van der Waals surface area contributed by atoms with E-state index in [0.717, 1.165) is 24.3 Å². The molecule has 2 rings (SSSR count). The first-order valence-electron chi connectivity index (χ1n) is 5.88. The molecule has 0 aliphatic rings. The number of rotatable bonds is 4. The molecule has 1 N–H and O–H groups in total. The first-order valence-corrected chi connectivity index (χ1v) is 5.88. The second kappa shape index (κ2) is 5.04. The Labute approximate surface area is 102 Å². The molecule has 90 valence electrons. The van der Waals surface area contributed by atoms with Crippen LogP contribution in [0.3, 0.4) is 0 Å². The first kappa shape index (κ1) is 11.7. The standard InChI is InChI=1S/C14H18N2O/c1-10-5-4-6-12(9-10)7-8-13-11(2)17-14(15-3)16-13/h4-6,9H,7-8H2,1-3H3,(H,15,16). The van der Waals surface area contributed by atoms with Gasteiger partial charge in [-0.1, -0.05) is 29.8 Å². The van der Waals surface area contributed by atoms with Crippen LogP contribution in [-0.2, 0) is 12.8 Å². The molecule has 0 aliphatic carbocycles. The molecule has 0 unspecified atom stereocenters. The maximum Gasteiger partial charge on any atom is 0.294 e. The predicted molar refractivity (Wildman–Crippen MR) is 69.4 cm³/mol. The summed E-state index contributed by atoms with van der Waals surface area (Å²) in [6.45, 7) is 4.07. The lowest BCUT2D eigenvalue weighted by molar-refractivity contribution is 0.540. The van der Waals surface area contributed by atoms with Crippen molar-refractivity contribution >= 4 is 6.01 Å². The molecular weight excluding hydrogens is 212 g/mol. The van der Waals surface area contributed by atoms with Gasteiger partial charge in [0.05, 0.1) is 5.69 Å². The molecule has 1 aromatic heterocycles. The Morgan fingerprint density at radius 3 is 2.71 bits per heavy atom. The largest absolute Gasteiger partial charge is 0.429 e. The fourth-order valence-corrected chi connectivity index (χ4v) is 1.90. The van der Waals surface area contributed by atoms with Crippen molar-refractivity contribution in [2.24, 2.45) is 0 Å². The Bertz CT molecular complexity index is 503. The van der Waals surface area contributed by atoms with Gasteiger partial charge in [-0.3, -0.25) is 0 Å². The lowest BCUT2D eigenvalue weighted by atomic mass is 10.1. The van der Waals surface area contributed by atoms with Gasteiger partial charge in [-0.25, -0.2) is 0 Å². The van der Waals surface area contributed by atoms with Crippen molar-refractivity contribution in [3.05, 3.63) is 46.8 Å². The van der Waals surface area contributed by atoms with Gasteiger partial charge in [-0.2, -0.15) is 4.98 Å². The third kappa shape index (κ3) is 2.87. The minimum absolute atomic E-state index is 0.599. The molecule has 0 spiro atoms. The quantitative estimate of drug-likeness (QED) is 0.877. The summed E-state index contributed by atoms with van der Waals surface area (Å²) < 4.78 is 5.45. The number of hydrogen-bond donors (Lipinski definition) is 1. The van der Waals surface area contributed by atoms with Crippen LogP contribution in [0, 0.1) is 13.8 Å². The van der Waals surface area contributed by atoms with Crippen LogP contribution >= 0.6 is 0 Å². The highest BCUT2D eigenvalue weighted by Gasteiger charge is 2.08. The summed E-state index contributed by atoms with van der Waals surface area (Å²) in [5, 5.41) is 2.92. The topological polar surface area (TPSA) is 38.1 Å². The van der Waals surface area contributed by atoms with Gasteiger partial charge in [0.25, 0.3) is 6.01 Å². The normalized spacial score (nSPS) is 10.5. The predicted octanol–water partition coefficient (Wildman–Crippen LogP) is 3.12. The van der Waals surface area contributed by atoms with Crippen LogP contribution in [0.25, 0.3) is 0 Å². The fourth-order valence-electron chi connectivity index (χ4n) is 1.90. The highest BCUT2D eigenvalue weighted by molar-refractivity contribution is 5.26. The highest BCUT2D eigenvalue weighted by Crippen LogP contribution is 2.16. The van der Waals surface area contributed by atoms with Gasteiger partial charge in [-0.15, -0.1) is 0 Å². The Morgan fingerprint density at radius 2 is 2.06 bits per heavy atom. The molecule has 2 aromatic rings. The van der Waals surface area contributed by atoms with E-state index in [9.17, 15) is 0 Å². The van der Waals surface area contributed by atoms with Crippen molar-refractivity contribution in [2.75, 3.05) is 12.4 Å². The number of aryl methyl sites for hydroxylation is 4. The first-order chi connectivity index (χ1) is 8.19. The van der Waals surface area contributed by atoms with Gasteiger partial charge in [-0.05, 0) is 32.3 Å². The number of aromatic nitrogens is 1. The van der Waals surface area contributed by atoms with Gasteiger partial charge in [0, 0.05) is 7.05 Å². The number of anilines is 1. The zero-order valence-corrected chi connectivity index (χ0v) is 10.6. The van der Waals surface area contributed by atoms with Crippen LogP contribution < -0.4 is 5.32 Å².